The van der Waals surface area contributed by atoms with Crippen LogP contribution in [0.25, 0.3) is 0 Å². The molecule has 0 saturated heterocycles. The van der Waals surface area contributed by atoms with E-state index in [2.05, 4.69) is 10.6 Å². The summed E-state index contributed by atoms with van der Waals surface area (Å²) in [5.41, 5.74) is 0.607. The summed E-state index contributed by atoms with van der Waals surface area (Å²) in [6, 6.07) is 3.55. The Morgan fingerprint density at radius 1 is 1.28 bits per heavy atom. The van der Waals surface area contributed by atoms with Crippen molar-refractivity contribution in [3.05, 3.63) is 35.4 Å². The maximum Gasteiger partial charge on any atom is 0.317 e. The van der Waals surface area contributed by atoms with Crippen molar-refractivity contribution in [1.82, 2.24) is 15.5 Å². The van der Waals surface area contributed by atoms with E-state index in [1.54, 1.807) is 0 Å². The van der Waals surface area contributed by atoms with Crippen LogP contribution in [-0.4, -0.2) is 53.7 Å². The molecule has 0 aromatic heterocycles. The predicted molar refractivity (Wildman–Crippen MR) is 88.3 cm³/mol. The number of amides is 2. The van der Waals surface area contributed by atoms with Gasteiger partial charge in [0, 0.05) is 18.6 Å². The molecule has 3 N–H and O–H groups in total. The first-order chi connectivity index (χ1) is 11.9. The normalized spacial score (nSPS) is 19.4. The molecule has 1 aliphatic rings. The maximum absolute atomic E-state index is 13.1. The molecule has 8 heteroatoms. The summed E-state index contributed by atoms with van der Waals surface area (Å²) in [6.45, 7) is 2.89. The number of aliphatic carboxylic acids is 1. The first-order valence-corrected chi connectivity index (χ1v) is 8.33. The minimum atomic E-state index is -0.899. The standard InChI is InChI=1S/C17H23F2N3O3/c1-2-22(10-16(23)24)13-8-12(9-13)21-17(25)20-6-5-11-3-4-14(18)15(19)7-11/h3-4,7,12-13H,2,5-6,8-10H2,1H3,(H,23,24)(H2,20,21,25). The Labute approximate surface area is 145 Å². The van der Waals surface area contributed by atoms with E-state index in [0.717, 1.165) is 25.0 Å². The monoisotopic (exact) mass is 355 g/mol. The van der Waals surface area contributed by atoms with Gasteiger partial charge in [0.25, 0.3) is 0 Å². The van der Waals surface area contributed by atoms with E-state index in [1.165, 1.54) is 6.07 Å². The number of halogens is 2. The first-order valence-electron chi connectivity index (χ1n) is 8.33. The summed E-state index contributed by atoms with van der Waals surface area (Å²) in [6.07, 6.45) is 1.84. The fourth-order valence-corrected chi connectivity index (χ4v) is 2.93. The Morgan fingerprint density at radius 3 is 2.60 bits per heavy atom. The van der Waals surface area contributed by atoms with Crippen molar-refractivity contribution < 1.29 is 23.5 Å². The molecule has 1 fully saturated rings. The lowest BCUT2D eigenvalue weighted by Gasteiger charge is -2.42. The van der Waals surface area contributed by atoms with Gasteiger partial charge in [-0.15, -0.1) is 0 Å². The third kappa shape index (κ3) is 5.67. The second-order valence-corrected chi connectivity index (χ2v) is 6.18. The van der Waals surface area contributed by atoms with Gasteiger partial charge in [-0.25, -0.2) is 13.6 Å². The highest BCUT2D eigenvalue weighted by molar-refractivity contribution is 5.74. The van der Waals surface area contributed by atoms with Crippen LogP contribution < -0.4 is 10.6 Å². The number of hydrogen-bond donors (Lipinski definition) is 3. The van der Waals surface area contributed by atoms with Gasteiger partial charge in [0.1, 0.15) is 0 Å². The molecule has 6 nitrogen and oxygen atoms in total. The average molecular weight is 355 g/mol. The highest BCUT2D eigenvalue weighted by Gasteiger charge is 2.34. The molecule has 1 aromatic rings. The first kappa shape index (κ1) is 19.1. The topological polar surface area (TPSA) is 81.7 Å². The molecular weight excluding hydrogens is 332 g/mol. The Balaban J connectivity index is 1.65. The number of urea groups is 1. The molecule has 0 spiro atoms. The molecule has 138 valence electrons. The van der Waals surface area contributed by atoms with Crippen molar-refractivity contribution in [2.75, 3.05) is 19.6 Å². The molecular formula is C17H23F2N3O3. The molecule has 2 amide bonds. The van der Waals surface area contributed by atoms with Gasteiger partial charge >= 0.3 is 12.0 Å². The number of carbonyl (C=O) groups excluding carboxylic acids is 1. The van der Waals surface area contributed by atoms with Crippen LogP contribution in [-0.2, 0) is 11.2 Å². The lowest BCUT2D eigenvalue weighted by atomic mass is 9.85. The van der Waals surface area contributed by atoms with Crippen molar-refractivity contribution in [3.63, 3.8) is 0 Å². The van der Waals surface area contributed by atoms with Gasteiger partial charge in [-0.2, -0.15) is 0 Å². The zero-order valence-corrected chi connectivity index (χ0v) is 14.1. The number of carbonyl (C=O) groups is 2. The van der Waals surface area contributed by atoms with Crippen LogP contribution in [0.4, 0.5) is 13.6 Å². The molecule has 2 rings (SSSR count). The van der Waals surface area contributed by atoms with Crippen LogP contribution in [0.2, 0.25) is 0 Å². The number of nitrogens with one attached hydrogen (secondary N) is 2. The van der Waals surface area contributed by atoms with Crippen LogP contribution in [0.5, 0.6) is 0 Å². The third-order valence-electron chi connectivity index (χ3n) is 4.39. The Kier molecular flexibility index (Phi) is 6.69. The van der Waals surface area contributed by atoms with Gasteiger partial charge in [-0.05, 0) is 43.5 Å². The number of likely N-dealkylation sites (N-methyl/N-ethyl adjacent to an activating group) is 1. The molecule has 0 unspecified atom stereocenters. The number of carboxylic acids is 1. The zero-order valence-electron chi connectivity index (χ0n) is 14.1. The highest BCUT2D eigenvalue weighted by atomic mass is 19.2. The summed E-state index contributed by atoms with van der Waals surface area (Å²) in [4.78, 5) is 24.5. The highest BCUT2D eigenvalue weighted by Crippen LogP contribution is 2.25. The van der Waals surface area contributed by atoms with Crippen molar-refractivity contribution in [2.24, 2.45) is 0 Å². The molecule has 0 atom stereocenters. The third-order valence-corrected chi connectivity index (χ3v) is 4.39. The molecule has 0 heterocycles. The number of nitrogens with zero attached hydrogens (tertiary/aromatic N) is 1. The van der Waals surface area contributed by atoms with Crippen LogP contribution in [0, 0.1) is 11.6 Å². The summed E-state index contributed by atoms with van der Waals surface area (Å²) < 4.78 is 25.9. The van der Waals surface area contributed by atoms with Gasteiger partial charge in [0.2, 0.25) is 0 Å². The number of benzene rings is 1. The smallest absolute Gasteiger partial charge is 0.317 e. The van der Waals surface area contributed by atoms with E-state index < -0.39 is 17.6 Å². The summed E-state index contributed by atoms with van der Waals surface area (Å²) in [5.74, 6) is -2.64. The van der Waals surface area contributed by atoms with Crippen LogP contribution in [0.3, 0.4) is 0 Å². The minimum absolute atomic E-state index is 0.00825. The van der Waals surface area contributed by atoms with E-state index in [4.69, 9.17) is 5.11 Å². The van der Waals surface area contributed by atoms with E-state index in [1.807, 2.05) is 11.8 Å². The SMILES string of the molecule is CCN(CC(=O)O)C1CC(NC(=O)NCCc2ccc(F)c(F)c2)C1. The molecule has 0 radical (unpaired) electrons. The van der Waals surface area contributed by atoms with Gasteiger partial charge in [-0.1, -0.05) is 13.0 Å². The second kappa shape index (κ2) is 8.75. The number of rotatable bonds is 8. The van der Waals surface area contributed by atoms with Crippen molar-refractivity contribution in [2.45, 2.75) is 38.3 Å². The van der Waals surface area contributed by atoms with E-state index in [9.17, 15) is 18.4 Å². The zero-order chi connectivity index (χ0) is 18.4. The fourth-order valence-electron chi connectivity index (χ4n) is 2.93. The predicted octanol–water partition coefficient (Wildman–Crippen LogP) is 1.74. The molecule has 1 aromatic carbocycles. The summed E-state index contributed by atoms with van der Waals surface area (Å²) in [5, 5.41) is 14.4. The number of carboxylic acid groups (broad SMARTS) is 1. The summed E-state index contributed by atoms with van der Waals surface area (Å²) in [7, 11) is 0. The average Bonchev–Trinajstić information content (AvgIpc) is 2.52. The fraction of sp³-hybridized carbons (Fsp3) is 0.529. The van der Waals surface area contributed by atoms with Crippen molar-refractivity contribution in [1.29, 1.82) is 0 Å². The van der Waals surface area contributed by atoms with Crippen molar-refractivity contribution in [3.8, 4) is 0 Å². The maximum atomic E-state index is 13.1. The van der Waals surface area contributed by atoms with E-state index in [0.29, 0.717) is 25.1 Å². The molecule has 0 aliphatic heterocycles. The lowest BCUT2D eigenvalue weighted by Crippen LogP contribution is -2.56. The molecule has 0 bridgehead atoms. The van der Waals surface area contributed by atoms with Crippen molar-refractivity contribution >= 4 is 12.0 Å². The van der Waals surface area contributed by atoms with E-state index in [-0.39, 0.29) is 24.7 Å². The summed E-state index contributed by atoms with van der Waals surface area (Å²) >= 11 is 0. The molecule has 1 aliphatic carbocycles. The number of hydrogen-bond acceptors (Lipinski definition) is 3. The molecule has 25 heavy (non-hydrogen) atoms. The largest absolute Gasteiger partial charge is 0.480 e. The van der Waals surface area contributed by atoms with Crippen LogP contribution >= 0.6 is 0 Å². The van der Waals surface area contributed by atoms with Gasteiger partial charge < -0.3 is 15.7 Å². The van der Waals surface area contributed by atoms with Crippen LogP contribution in [0.1, 0.15) is 25.3 Å². The molecule has 1 saturated carbocycles. The minimum Gasteiger partial charge on any atom is -0.480 e. The van der Waals surface area contributed by atoms with Gasteiger partial charge in [0.05, 0.1) is 6.54 Å². The van der Waals surface area contributed by atoms with Gasteiger partial charge in [0.15, 0.2) is 11.6 Å². The van der Waals surface area contributed by atoms with Crippen LogP contribution in [0.15, 0.2) is 18.2 Å². The second-order valence-electron chi connectivity index (χ2n) is 6.18. The Hall–Kier alpha value is -2.22. The van der Waals surface area contributed by atoms with Gasteiger partial charge in [-0.3, -0.25) is 9.69 Å². The Bertz CT molecular complexity index is 621. The lowest BCUT2D eigenvalue weighted by molar-refractivity contribution is -0.139. The van der Waals surface area contributed by atoms with E-state index >= 15 is 0 Å². The quantitative estimate of drug-likeness (QED) is 0.664. The Morgan fingerprint density at radius 2 is 2.00 bits per heavy atom.